The molecule has 0 bridgehead atoms. The Kier molecular flexibility index (Phi) is 5.54. The molecule has 0 radical (unpaired) electrons. The van der Waals surface area contributed by atoms with E-state index in [1.165, 1.54) is 31.2 Å². The van der Waals surface area contributed by atoms with Crippen molar-refractivity contribution in [2.24, 2.45) is 5.92 Å². The van der Waals surface area contributed by atoms with Crippen molar-refractivity contribution in [3.05, 3.63) is 71.3 Å². The van der Waals surface area contributed by atoms with Crippen LogP contribution in [0.25, 0.3) is 0 Å². The Bertz CT molecular complexity index is 806. The minimum atomic E-state index is 0.0299. The van der Waals surface area contributed by atoms with Gasteiger partial charge in [0.1, 0.15) is 0 Å². The number of amides is 1. The highest BCUT2D eigenvalue weighted by Gasteiger charge is 2.41. The molecule has 2 aromatic rings. The van der Waals surface area contributed by atoms with Gasteiger partial charge in [-0.3, -0.25) is 4.79 Å². The van der Waals surface area contributed by atoms with Crippen LogP contribution in [0.3, 0.4) is 0 Å². The molecular formula is C25H32N2O. The molecule has 1 aliphatic carbocycles. The number of benzene rings is 2. The molecule has 1 saturated heterocycles. The highest BCUT2D eigenvalue weighted by molar-refractivity contribution is 5.78. The Morgan fingerprint density at radius 3 is 2.39 bits per heavy atom. The van der Waals surface area contributed by atoms with Crippen LogP contribution in [0.15, 0.2) is 54.6 Å². The van der Waals surface area contributed by atoms with Gasteiger partial charge in [-0.1, -0.05) is 54.6 Å². The number of piperidine rings is 1. The first-order chi connectivity index (χ1) is 13.6. The Labute approximate surface area is 169 Å². The largest absolute Gasteiger partial charge is 0.349 e. The molecule has 3 heteroatoms. The lowest BCUT2D eigenvalue weighted by Gasteiger charge is -2.41. The molecule has 148 valence electrons. The van der Waals surface area contributed by atoms with Crippen molar-refractivity contribution >= 4 is 5.91 Å². The minimum absolute atomic E-state index is 0.0299. The smallest absolute Gasteiger partial charge is 0.226 e. The first-order valence-electron chi connectivity index (χ1n) is 10.6. The van der Waals surface area contributed by atoms with Crippen LogP contribution in [0.5, 0.6) is 0 Å². The van der Waals surface area contributed by atoms with Crippen molar-refractivity contribution in [3.63, 3.8) is 0 Å². The van der Waals surface area contributed by atoms with Crippen molar-refractivity contribution in [2.45, 2.75) is 37.5 Å². The maximum atomic E-state index is 12.8. The second kappa shape index (κ2) is 8.08. The molecule has 1 heterocycles. The summed E-state index contributed by atoms with van der Waals surface area (Å²) in [6, 6.07) is 19.5. The molecule has 1 fully saturated rings. The second-order valence-corrected chi connectivity index (χ2v) is 8.86. The molecule has 1 unspecified atom stereocenters. The first-order valence-corrected chi connectivity index (χ1v) is 10.6. The molecule has 0 saturated carbocycles. The molecule has 2 aliphatic rings. The van der Waals surface area contributed by atoms with E-state index in [-0.39, 0.29) is 11.8 Å². The third-order valence-electron chi connectivity index (χ3n) is 6.87. The standard InChI is InChI=1S/C25H32N2O/c1-26(2)24(28)22(18-20-8-4-3-5-9-20)19-27-16-14-25(15-17-27)13-12-21-10-6-7-11-23(21)25/h3-11,22H,12-19H2,1-2H3. The number of nitrogens with zero attached hydrogens (tertiary/aromatic N) is 2. The average molecular weight is 377 g/mol. The summed E-state index contributed by atoms with van der Waals surface area (Å²) in [6.07, 6.45) is 5.79. The monoisotopic (exact) mass is 376 g/mol. The molecule has 3 nitrogen and oxygen atoms in total. The molecule has 0 aromatic heterocycles. The number of fused-ring (bicyclic) bond motifs is 2. The number of aryl methyl sites for hydroxylation is 1. The van der Waals surface area contributed by atoms with Crippen LogP contribution in [0.1, 0.15) is 36.0 Å². The van der Waals surface area contributed by atoms with Gasteiger partial charge in [0.2, 0.25) is 5.91 Å². The van der Waals surface area contributed by atoms with E-state index in [9.17, 15) is 4.79 Å². The van der Waals surface area contributed by atoms with Crippen molar-refractivity contribution < 1.29 is 4.79 Å². The van der Waals surface area contributed by atoms with E-state index in [0.29, 0.717) is 5.41 Å². The second-order valence-electron chi connectivity index (χ2n) is 8.86. The van der Waals surface area contributed by atoms with Gasteiger partial charge in [0, 0.05) is 20.6 Å². The van der Waals surface area contributed by atoms with Crippen LogP contribution in [-0.4, -0.2) is 49.4 Å². The number of hydrogen-bond donors (Lipinski definition) is 0. The van der Waals surface area contributed by atoms with Crippen LogP contribution in [0.4, 0.5) is 0 Å². The molecule has 1 atom stereocenters. The van der Waals surface area contributed by atoms with E-state index >= 15 is 0 Å². The maximum absolute atomic E-state index is 12.8. The quantitative estimate of drug-likeness (QED) is 0.790. The van der Waals surface area contributed by atoms with Crippen LogP contribution >= 0.6 is 0 Å². The predicted molar refractivity (Wildman–Crippen MR) is 114 cm³/mol. The zero-order valence-electron chi connectivity index (χ0n) is 17.2. The summed E-state index contributed by atoms with van der Waals surface area (Å²) >= 11 is 0. The van der Waals surface area contributed by atoms with Crippen LogP contribution in [0.2, 0.25) is 0 Å². The lowest BCUT2D eigenvalue weighted by molar-refractivity contribution is -0.133. The van der Waals surface area contributed by atoms with Crippen molar-refractivity contribution in [3.8, 4) is 0 Å². The predicted octanol–water partition coefficient (Wildman–Crippen LogP) is 3.91. The van der Waals surface area contributed by atoms with Gasteiger partial charge in [-0.05, 0) is 67.3 Å². The van der Waals surface area contributed by atoms with Gasteiger partial charge in [0.05, 0.1) is 5.92 Å². The molecule has 28 heavy (non-hydrogen) atoms. The molecule has 0 N–H and O–H groups in total. The summed E-state index contributed by atoms with van der Waals surface area (Å²) in [5.41, 5.74) is 4.79. The van der Waals surface area contributed by atoms with Crippen molar-refractivity contribution in [1.82, 2.24) is 9.80 Å². The van der Waals surface area contributed by atoms with Gasteiger partial charge in [-0.15, -0.1) is 0 Å². The van der Waals surface area contributed by atoms with Crippen LogP contribution < -0.4 is 0 Å². The van der Waals surface area contributed by atoms with Gasteiger partial charge in [0.25, 0.3) is 0 Å². The third-order valence-corrected chi connectivity index (χ3v) is 6.87. The molecular weight excluding hydrogens is 344 g/mol. The fourth-order valence-electron chi connectivity index (χ4n) is 5.25. The first kappa shape index (κ1) is 19.2. The van der Waals surface area contributed by atoms with Crippen LogP contribution in [0, 0.1) is 5.92 Å². The highest BCUT2D eigenvalue weighted by atomic mass is 16.2. The molecule has 4 rings (SSSR count). The number of carbonyl (C=O) groups excluding carboxylic acids is 1. The van der Waals surface area contributed by atoms with Gasteiger partial charge in [0.15, 0.2) is 0 Å². The SMILES string of the molecule is CN(C)C(=O)C(Cc1ccccc1)CN1CCC2(CCc3ccccc32)CC1. The Balaban J connectivity index is 1.42. The van der Waals surface area contributed by atoms with E-state index < -0.39 is 0 Å². The summed E-state index contributed by atoms with van der Waals surface area (Å²) in [7, 11) is 3.75. The Morgan fingerprint density at radius 1 is 1.00 bits per heavy atom. The normalized spacial score (nSPS) is 19.4. The molecule has 2 aromatic carbocycles. The fraction of sp³-hybridized carbons (Fsp3) is 0.480. The van der Waals surface area contributed by atoms with E-state index in [2.05, 4.69) is 53.4 Å². The number of likely N-dealkylation sites (tertiary alicyclic amines) is 1. The summed E-state index contributed by atoms with van der Waals surface area (Å²) in [4.78, 5) is 17.1. The summed E-state index contributed by atoms with van der Waals surface area (Å²) < 4.78 is 0. The zero-order valence-corrected chi connectivity index (χ0v) is 17.2. The van der Waals surface area contributed by atoms with E-state index in [4.69, 9.17) is 0 Å². The summed E-state index contributed by atoms with van der Waals surface area (Å²) in [5.74, 6) is 0.276. The van der Waals surface area contributed by atoms with Gasteiger partial charge in [-0.2, -0.15) is 0 Å². The highest BCUT2D eigenvalue weighted by Crippen LogP contribution is 2.46. The Morgan fingerprint density at radius 2 is 1.68 bits per heavy atom. The zero-order chi connectivity index (χ0) is 19.6. The average Bonchev–Trinajstić information content (AvgIpc) is 3.08. The van der Waals surface area contributed by atoms with E-state index in [1.54, 1.807) is 16.0 Å². The van der Waals surface area contributed by atoms with Gasteiger partial charge in [-0.25, -0.2) is 0 Å². The molecule has 1 amide bonds. The van der Waals surface area contributed by atoms with Crippen molar-refractivity contribution in [2.75, 3.05) is 33.7 Å². The van der Waals surface area contributed by atoms with E-state index in [1.807, 2.05) is 20.2 Å². The number of hydrogen-bond acceptors (Lipinski definition) is 2. The van der Waals surface area contributed by atoms with Gasteiger partial charge >= 0.3 is 0 Å². The number of carbonyl (C=O) groups is 1. The third kappa shape index (κ3) is 3.86. The molecule has 1 aliphatic heterocycles. The maximum Gasteiger partial charge on any atom is 0.226 e. The van der Waals surface area contributed by atoms with Gasteiger partial charge < -0.3 is 9.80 Å². The Hall–Kier alpha value is -2.13. The topological polar surface area (TPSA) is 23.6 Å². The minimum Gasteiger partial charge on any atom is -0.349 e. The van der Waals surface area contributed by atoms with E-state index in [0.717, 1.165) is 26.1 Å². The molecule has 1 spiro atoms. The lowest BCUT2D eigenvalue weighted by Crippen LogP contribution is -2.46. The van der Waals surface area contributed by atoms with Crippen molar-refractivity contribution in [1.29, 1.82) is 0 Å². The lowest BCUT2D eigenvalue weighted by atomic mass is 9.73. The van der Waals surface area contributed by atoms with Crippen LogP contribution in [-0.2, 0) is 23.1 Å². The number of rotatable bonds is 5. The fourth-order valence-corrected chi connectivity index (χ4v) is 5.25. The summed E-state index contributed by atoms with van der Waals surface area (Å²) in [6.45, 7) is 3.06. The summed E-state index contributed by atoms with van der Waals surface area (Å²) in [5, 5.41) is 0.